The topological polar surface area (TPSA) is 176 Å². The van der Waals surface area contributed by atoms with Crippen molar-refractivity contribution in [1.82, 2.24) is 20.8 Å². The molecule has 14 heteroatoms. The molecule has 6 unspecified atom stereocenters. The highest BCUT2D eigenvalue weighted by Gasteiger charge is 2.57. The second kappa shape index (κ2) is 14.2. The minimum Gasteiger partial charge on any atom is -0.461 e. The quantitative estimate of drug-likeness (QED) is 0.167. The van der Waals surface area contributed by atoms with Gasteiger partial charge >= 0.3 is 23.9 Å². The van der Waals surface area contributed by atoms with Gasteiger partial charge in [-0.3, -0.25) is 19.2 Å². The molecule has 0 aliphatic carbocycles. The maximum Gasteiger partial charge on any atom is 0.311 e. The number of hydroxylamine groups is 4. The van der Waals surface area contributed by atoms with Crippen molar-refractivity contribution in [1.29, 1.82) is 0 Å². The molecule has 4 N–H and O–H groups in total. The van der Waals surface area contributed by atoms with Crippen LogP contribution >= 0.6 is 0 Å². The smallest absolute Gasteiger partial charge is 0.311 e. The molecule has 4 fully saturated rings. The minimum atomic E-state index is -1.35. The molecule has 0 spiro atoms. The van der Waals surface area contributed by atoms with Crippen LogP contribution in [0.15, 0.2) is 0 Å². The molecule has 0 aromatic carbocycles. The second-order valence-corrected chi connectivity index (χ2v) is 21.3. The summed E-state index contributed by atoms with van der Waals surface area (Å²) in [5.74, 6) is -5.03. The number of hydrogen-bond donors (Lipinski definition) is 4. The van der Waals surface area contributed by atoms with Crippen molar-refractivity contribution in [2.75, 3.05) is 13.2 Å². The molecule has 0 bridgehead atoms. The molecule has 4 aliphatic rings. The fourth-order valence-electron chi connectivity index (χ4n) is 10.0. The minimum absolute atomic E-state index is 0.307. The van der Waals surface area contributed by atoms with Crippen LogP contribution in [0.4, 0.5) is 0 Å². The Hall–Kier alpha value is -2.36. The molecular formula is C40H70N4O10. The van der Waals surface area contributed by atoms with Gasteiger partial charge in [-0.05, 0) is 136 Å². The number of rotatable bonds is 11. The Kier molecular flexibility index (Phi) is 11.7. The van der Waals surface area contributed by atoms with Crippen LogP contribution in [-0.2, 0) is 38.1 Å². The third-order valence-electron chi connectivity index (χ3n) is 12.7. The monoisotopic (exact) mass is 767 g/mol. The molecule has 0 aromatic rings. The SMILES string of the molecule is CC1(C)CC(C(=O)OC(COC(=O)C2CC(C)(C)N(O)C2(C)C)C(COC(=O)C2CC(C)(C)N(O)C2(C)C)OC(=O)C2CC(C)(C)NC2(C)C)C(C)(C)N1. The van der Waals surface area contributed by atoms with E-state index in [1.54, 1.807) is 27.7 Å². The highest BCUT2D eigenvalue weighted by molar-refractivity contribution is 5.77. The molecule has 0 radical (unpaired) electrons. The number of nitrogens with zero attached hydrogens (tertiary/aromatic N) is 2. The Bertz CT molecular complexity index is 1360. The number of esters is 4. The van der Waals surface area contributed by atoms with Gasteiger partial charge in [0.1, 0.15) is 13.2 Å². The number of carbonyl (C=O) groups excluding carboxylic acids is 4. The summed E-state index contributed by atoms with van der Waals surface area (Å²) >= 11 is 0. The van der Waals surface area contributed by atoms with Crippen LogP contribution < -0.4 is 10.6 Å². The molecule has 4 heterocycles. The summed E-state index contributed by atoms with van der Waals surface area (Å²) in [5, 5.41) is 31.1. The van der Waals surface area contributed by atoms with E-state index in [2.05, 4.69) is 10.6 Å². The maximum absolute atomic E-state index is 14.1. The fourth-order valence-corrected chi connectivity index (χ4v) is 10.0. The van der Waals surface area contributed by atoms with Gasteiger partial charge < -0.3 is 40.0 Å². The Morgan fingerprint density at radius 1 is 0.519 bits per heavy atom. The Morgan fingerprint density at radius 2 is 0.815 bits per heavy atom. The number of carbonyl (C=O) groups is 4. The lowest BCUT2D eigenvalue weighted by molar-refractivity contribution is -0.204. The molecule has 14 nitrogen and oxygen atoms in total. The van der Waals surface area contributed by atoms with Gasteiger partial charge in [0.05, 0.1) is 34.7 Å². The Morgan fingerprint density at radius 3 is 1.04 bits per heavy atom. The van der Waals surface area contributed by atoms with Gasteiger partial charge in [0.2, 0.25) is 0 Å². The van der Waals surface area contributed by atoms with Crippen molar-refractivity contribution in [3.05, 3.63) is 0 Å². The number of hydrogen-bond acceptors (Lipinski definition) is 14. The van der Waals surface area contributed by atoms with Crippen LogP contribution in [0.2, 0.25) is 0 Å². The normalized spacial score (nSPS) is 32.4. The van der Waals surface area contributed by atoms with E-state index in [-0.39, 0.29) is 11.1 Å². The summed E-state index contributed by atoms with van der Waals surface area (Å²) in [5.41, 5.74) is -5.37. The lowest BCUT2D eigenvalue weighted by Crippen LogP contribution is -2.51. The van der Waals surface area contributed by atoms with Crippen LogP contribution in [0.1, 0.15) is 136 Å². The van der Waals surface area contributed by atoms with Crippen molar-refractivity contribution < 1.29 is 48.5 Å². The molecule has 54 heavy (non-hydrogen) atoms. The lowest BCUT2D eigenvalue weighted by atomic mass is 9.87. The van der Waals surface area contributed by atoms with E-state index in [9.17, 15) is 29.6 Å². The van der Waals surface area contributed by atoms with Gasteiger partial charge in [0, 0.05) is 33.2 Å². The van der Waals surface area contributed by atoms with Gasteiger partial charge in [0.25, 0.3) is 0 Å². The Labute approximate surface area is 322 Å². The van der Waals surface area contributed by atoms with Crippen LogP contribution in [0.25, 0.3) is 0 Å². The molecule has 0 saturated carbocycles. The highest BCUT2D eigenvalue weighted by Crippen LogP contribution is 2.46. The van der Waals surface area contributed by atoms with E-state index in [4.69, 9.17) is 18.9 Å². The highest BCUT2D eigenvalue weighted by atomic mass is 16.6. The van der Waals surface area contributed by atoms with E-state index in [1.807, 2.05) is 83.1 Å². The van der Waals surface area contributed by atoms with Gasteiger partial charge in [0.15, 0.2) is 12.2 Å². The number of nitrogens with one attached hydrogen (secondary N) is 2. The molecule has 4 aliphatic heterocycles. The summed E-state index contributed by atoms with van der Waals surface area (Å²) in [6.07, 6.45) is -1.17. The number of ether oxygens (including phenoxy) is 4. The lowest BCUT2D eigenvalue weighted by Gasteiger charge is -2.36. The summed E-state index contributed by atoms with van der Waals surface area (Å²) in [4.78, 5) is 55.9. The third-order valence-corrected chi connectivity index (χ3v) is 12.7. The van der Waals surface area contributed by atoms with Crippen LogP contribution in [-0.4, -0.2) is 114 Å². The van der Waals surface area contributed by atoms with E-state index < -0.39 is 106 Å². The summed E-state index contributed by atoms with van der Waals surface area (Å²) < 4.78 is 24.2. The predicted molar refractivity (Wildman–Crippen MR) is 200 cm³/mol. The van der Waals surface area contributed by atoms with Crippen molar-refractivity contribution in [2.24, 2.45) is 23.7 Å². The standard InChI is InChI=1S/C40H70N4O10/c1-33(2)17-23(37(9,10)41-33)31(47)53-27(21-51-29(45)25-19-35(5,6)43(49)39(25,13)14)28(54-32(48)24-18-34(3,4)42-38(24,11)12)22-52-30(46)26-20-36(7,8)44(50)40(26,15)16/h23-28,41-42,49-50H,17-22H2,1-16H3. The maximum atomic E-state index is 14.1. The first-order valence-corrected chi connectivity index (χ1v) is 19.5. The molecular weight excluding hydrogens is 696 g/mol. The van der Waals surface area contributed by atoms with Gasteiger partial charge in [-0.1, -0.05) is 0 Å². The van der Waals surface area contributed by atoms with E-state index >= 15 is 0 Å². The molecule has 6 atom stereocenters. The van der Waals surface area contributed by atoms with Crippen LogP contribution in [0.5, 0.6) is 0 Å². The van der Waals surface area contributed by atoms with Crippen molar-refractivity contribution in [3.63, 3.8) is 0 Å². The summed E-state index contributed by atoms with van der Waals surface area (Å²) in [7, 11) is 0. The first-order valence-electron chi connectivity index (χ1n) is 19.5. The summed E-state index contributed by atoms with van der Waals surface area (Å²) in [6, 6.07) is 0. The zero-order valence-electron chi connectivity index (χ0n) is 35.8. The van der Waals surface area contributed by atoms with Gasteiger partial charge in [-0.25, -0.2) is 0 Å². The Balaban J connectivity index is 1.68. The zero-order valence-corrected chi connectivity index (χ0v) is 35.8. The molecule has 0 amide bonds. The fraction of sp³-hybridized carbons (Fsp3) is 0.900. The first-order chi connectivity index (χ1) is 24.2. The first kappa shape index (κ1) is 44.4. The van der Waals surface area contributed by atoms with E-state index in [1.165, 1.54) is 10.1 Å². The average Bonchev–Trinajstić information content (AvgIpc) is 3.52. The predicted octanol–water partition coefficient (Wildman–Crippen LogP) is 4.77. The van der Waals surface area contributed by atoms with Crippen LogP contribution in [0.3, 0.4) is 0 Å². The molecule has 4 rings (SSSR count). The van der Waals surface area contributed by atoms with Gasteiger partial charge in [-0.15, -0.1) is 0 Å². The largest absolute Gasteiger partial charge is 0.461 e. The van der Waals surface area contributed by atoms with E-state index in [0.717, 1.165) is 0 Å². The van der Waals surface area contributed by atoms with E-state index in [0.29, 0.717) is 25.7 Å². The van der Waals surface area contributed by atoms with Crippen molar-refractivity contribution >= 4 is 23.9 Å². The molecule has 4 saturated heterocycles. The van der Waals surface area contributed by atoms with Gasteiger partial charge in [-0.2, -0.15) is 10.1 Å². The molecule has 0 aromatic heterocycles. The van der Waals surface area contributed by atoms with Crippen molar-refractivity contribution in [2.45, 2.75) is 193 Å². The summed E-state index contributed by atoms with van der Waals surface area (Å²) in [6.45, 7) is 29.0. The third kappa shape index (κ3) is 8.78. The zero-order chi connectivity index (χ0) is 41.4. The average molecular weight is 767 g/mol. The van der Waals surface area contributed by atoms with Crippen LogP contribution in [0, 0.1) is 23.7 Å². The second-order valence-electron chi connectivity index (χ2n) is 21.3. The molecule has 310 valence electrons. The van der Waals surface area contributed by atoms with Crippen molar-refractivity contribution in [3.8, 4) is 0 Å².